The number of rotatable bonds is 5. The number of anilines is 1. The highest BCUT2D eigenvalue weighted by Gasteiger charge is 2.12. The fraction of sp³-hybridized carbons (Fsp3) is 0.333. The van der Waals surface area contributed by atoms with Crippen molar-refractivity contribution in [2.45, 2.75) is 13.3 Å². The van der Waals surface area contributed by atoms with Crippen LogP contribution in [-0.4, -0.2) is 23.6 Å². The van der Waals surface area contributed by atoms with Crippen LogP contribution in [0.25, 0.3) is 0 Å². The molecular weight excluding hydrogens is 270 g/mol. The highest BCUT2D eigenvalue weighted by atomic mass is 79.9. The Morgan fingerprint density at radius 2 is 1.88 bits per heavy atom. The maximum Gasteiger partial charge on any atom is 0.223 e. The number of alkyl halides is 1. The third-order valence-corrected chi connectivity index (χ3v) is 2.84. The molecule has 0 fully saturated rings. The standard InChI is InChI=1S/C12H14BrNO2/c1-10(15)14(8-7-12(16)9-13)11-5-3-2-4-6-11/h2-6H,7-9H2,1H3. The quantitative estimate of drug-likeness (QED) is 0.779. The van der Waals surface area contributed by atoms with Gasteiger partial charge in [0.25, 0.3) is 0 Å². The fourth-order valence-corrected chi connectivity index (χ4v) is 1.66. The summed E-state index contributed by atoms with van der Waals surface area (Å²) >= 11 is 3.11. The van der Waals surface area contributed by atoms with E-state index in [0.717, 1.165) is 5.69 Å². The summed E-state index contributed by atoms with van der Waals surface area (Å²) in [6.07, 6.45) is 0.375. The Hall–Kier alpha value is -1.16. The van der Waals surface area contributed by atoms with Gasteiger partial charge in [-0.3, -0.25) is 9.59 Å². The van der Waals surface area contributed by atoms with Gasteiger partial charge >= 0.3 is 0 Å². The van der Waals surface area contributed by atoms with E-state index in [0.29, 0.717) is 18.3 Å². The van der Waals surface area contributed by atoms with Crippen molar-refractivity contribution in [3.63, 3.8) is 0 Å². The van der Waals surface area contributed by atoms with Crippen LogP contribution in [0.3, 0.4) is 0 Å². The lowest BCUT2D eigenvalue weighted by Gasteiger charge is -2.20. The molecule has 0 aliphatic rings. The van der Waals surface area contributed by atoms with Gasteiger partial charge < -0.3 is 4.90 Å². The number of hydrogen-bond donors (Lipinski definition) is 0. The monoisotopic (exact) mass is 283 g/mol. The number of para-hydroxylation sites is 1. The third kappa shape index (κ3) is 3.77. The summed E-state index contributed by atoms with van der Waals surface area (Å²) in [5, 5.41) is 0.341. The fourth-order valence-electron chi connectivity index (χ4n) is 1.38. The number of halogens is 1. The molecule has 3 nitrogen and oxygen atoms in total. The van der Waals surface area contributed by atoms with Crippen molar-refractivity contribution in [1.29, 1.82) is 0 Å². The van der Waals surface area contributed by atoms with Crippen molar-refractivity contribution < 1.29 is 9.59 Å². The maximum absolute atomic E-state index is 11.4. The highest BCUT2D eigenvalue weighted by Crippen LogP contribution is 2.13. The molecule has 1 aromatic carbocycles. The van der Waals surface area contributed by atoms with E-state index >= 15 is 0 Å². The third-order valence-electron chi connectivity index (χ3n) is 2.21. The lowest BCUT2D eigenvalue weighted by Crippen LogP contribution is -2.30. The van der Waals surface area contributed by atoms with Gasteiger partial charge in [0.05, 0.1) is 5.33 Å². The first-order chi connectivity index (χ1) is 7.65. The second kappa shape index (κ2) is 6.43. The molecule has 0 aliphatic heterocycles. The minimum atomic E-state index is -0.0476. The lowest BCUT2D eigenvalue weighted by molar-refractivity contribution is -0.117. The number of nitrogens with zero attached hydrogens (tertiary/aromatic N) is 1. The van der Waals surface area contributed by atoms with E-state index < -0.39 is 0 Å². The van der Waals surface area contributed by atoms with Gasteiger partial charge in [-0.25, -0.2) is 0 Å². The molecule has 0 spiro atoms. The molecule has 0 atom stereocenters. The largest absolute Gasteiger partial charge is 0.312 e. The van der Waals surface area contributed by atoms with Crippen molar-refractivity contribution in [2.75, 3.05) is 16.8 Å². The first kappa shape index (κ1) is 12.9. The van der Waals surface area contributed by atoms with Crippen molar-refractivity contribution in [1.82, 2.24) is 0 Å². The number of carbonyl (C=O) groups excluding carboxylic acids is 2. The molecule has 0 heterocycles. The van der Waals surface area contributed by atoms with Gasteiger partial charge in [-0.15, -0.1) is 0 Å². The minimum Gasteiger partial charge on any atom is -0.312 e. The van der Waals surface area contributed by atoms with Gasteiger partial charge in [0.1, 0.15) is 5.78 Å². The predicted octanol–water partition coefficient (Wildman–Crippen LogP) is 2.39. The number of Topliss-reactive ketones (excluding diaryl/α,β-unsaturated/α-hetero) is 1. The zero-order chi connectivity index (χ0) is 12.0. The lowest BCUT2D eigenvalue weighted by atomic mass is 10.2. The summed E-state index contributed by atoms with van der Waals surface area (Å²) < 4.78 is 0. The van der Waals surface area contributed by atoms with Crippen molar-refractivity contribution in [3.05, 3.63) is 30.3 Å². The first-order valence-electron chi connectivity index (χ1n) is 5.06. The zero-order valence-corrected chi connectivity index (χ0v) is 10.7. The van der Waals surface area contributed by atoms with Gasteiger partial charge in [0, 0.05) is 25.6 Å². The minimum absolute atomic E-state index is 0.0476. The van der Waals surface area contributed by atoms with Gasteiger partial charge in [0.2, 0.25) is 5.91 Å². The Kier molecular flexibility index (Phi) is 5.19. The average molecular weight is 284 g/mol. The van der Waals surface area contributed by atoms with Crippen LogP contribution in [0.4, 0.5) is 5.69 Å². The topological polar surface area (TPSA) is 37.4 Å². The van der Waals surface area contributed by atoms with E-state index in [1.165, 1.54) is 6.92 Å². The second-order valence-corrected chi connectivity index (χ2v) is 3.99. The van der Waals surface area contributed by atoms with Crippen molar-refractivity contribution in [3.8, 4) is 0 Å². The van der Waals surface area contributed by atoms with E-state index in [1.54, 1.807) is 4.90 Å². The molecule has 0 bridgehead atoms. The molecule has 0 saturated carbocycles. The van der Waals surface area contributed by atoms with Crippen LogP contribution in [0.1, 0.15) is 13.3 Å². The van der Waals surface area contributed by atoms with Crippen LogP contribution in [-0.2, 0) is 9.59 Å². The number of hydrogen-bond acceptors (Lipinski definition) is 2. The number of carbonyl (C=O) groups is 2. The number of amides is 1. The SMILES string of the molecule is CC(=O)N(CCC(=O)CBr)c1ccccc1. The summed E-state index contributed by atoms with van der Waals surface area (Å²) in [6, 6.07) is 9.36. The molecule has 1 rings (SSSR count). The van der Waals surface area contributed by atoms with Crippen LogP contribution < -0.4 is 4.90 Å². The first-order valence-corrected chi connectivity index (χ1v) is 6.18. The number of ketones is 1. The molecule has 16 heavy (non-hydrogen) atoms. The zero-order valence-electron chi connectivity index (χ0n) is 9.15. The Morgan fingerprint density at radius 3 is 2.38 bits per heavy atom. The molecule has 0 aliphatic carbocycles. The van der Waals surface area contributed by atoms with E-state index in [4.69, 9.17) is 0 Å². The summed E-state index contributed by atoms with van der Waals surface area (Å²) in [5.74, 6) is 0.0516. The van der Waals surface area contributed by atoms with Crippen LogP contribution in [0.5, 0.6) is 0 Å². The average Bonchev–Trinajstić information content (AvgIpc) is 2.30. The van der Waals surface area contributed by atoms with E-state index in [1.807, 2.05) is 30.3 Å². The van der Waals surface area contributed by atoms with Gasteiger partial charge in [-0.05, 0) is 12.1 Å². The van der Waals surface area contributed by atoms with E-state index in [-0.39, 0.29) is 11.7 Å². The Balaban J connectivity index is 2.69. The molecular formula is C12H14BrNO2. The van der Waals surface area contributed by atoms with Crippen molar-refractivity contribution in [2.24, 2.45) is 0 Å². The predicted molar refractivity (Wildman–Crippen MR) is 67.9 cm³/mol. The van der Waals surface area contributed by atoms with Crippen LogP contribution in [0.2, 0.25) is 0 Å². The molecule has 0 N–H and O–H groups in total. The normalized spacial score (nSPS) is 9.88. The molecule has 0 aromatic heterocycles. The molecule has 86 valence electrons. The summed E-state index contributed by atoms with van der Waals surface area (Å²) in [4.78, 5) is 24.2. The second-order valence-electron chi connectivity index (χ2n) is 3.43. The Labute approximate surface area is 104 Å². The van der Waals surface area contributed by atoms with E-state index in [2.05, 4.69) is 15.9 Å². The van der Waals surface area contributed by atoms with Gasteiger partial charge in [-0.2, -0.15) is 0 Å². The smallest absolute Gasteiger partial charge is 0.223 e. The van der Waals surface area contributed by atoms with Crippen LogP contribution >= 0.6 is 15.9 Å². The Morgan fingerprint density at radius 1 is 1.25 bits per heavy atom. The van der Waals surface area contributed by atoms with Gasteiger partial charge in [0.15, 0.2) is 0 Å². The Bertz CT molecular complexity index is 365. The maximum atomic E-state index is 11.4. The molecule has 1 aromatic rings. The summed E-state index contributed by atoms with van der Waals surface area (Å²) in [6.45, 7) is 1.94. The van der Waals surface area contributed by atoms with E-state index in [9.17, 15) is 9.59 Å². The van der Waals surface area contributed by atoms with Crippen LogP contribution in [0, 0.1) is 0 Å². The van der Waals surface area contributed by atoms with Crippen LogP contribution in [0.15, 0.2) is 30.3 Å². The highest BCUT2D eigenvalue weighted by molar-refractivity contribution is 9.09. The summed E-state index contributed by atoms with van der Waals surface area (Å²) in [5.41, 5.74) is 0.831. The molecule has 0 unspecified atom stereocenters. The van der Waals surface area contributed by atoms with Crippen molar-refractivity contribution >= 4 is 33.3 Å². The molecule has 0 saturated heterocycles. The molecule has 4 heteroatoms. The molecule has 1 amide bonds. The van der Waals surface area contributed by atoms with Gasteiger partial charge in [-0.1, -0.05) is 34.1 Å². The number of benzene rings is 1. The summed E-state index contributed by atoms with van der Waals surface area (Å²) in [7, 11) is 0. The molecule has 0 radical (unpaired) electrons.